The van der Waals surface area contributed by atoms with Gasteiger partial charge in [-0.05, 0) is 13.0 Å². The van der Waals surface area contributed by atoms with Crippen molar-refractivity contribution >= 4 is 17.3 Å². The van der Waals surface area contributed by atoms with Crippen LogP contribution in [0, 0.1) is 6.92 Å². The number of carbonyl (C=O) groups is 1. The van der Waals surface area contributed by atoms with E-state index in [1.54, 1.807) is 0 Å². The molecule has 0 saturated heterocycles. The maximum absolute atomic E-state index is 12.9. The van der Waals surface area contributed by atoms with Gasteiger partial charge in [0.05, 0.1) is 16.1 Å². The largest absolute Gasteiger partial charge is 0.476 e. The van der Waals surface area contributed by atoms with Gasteiger partial charge in [0.1, 0.15) is 0 Å². The molecule has 1 aromatic carbocycles. The molecule has 3 nitrogen and oxygen atoms in total. The normalized spacial score (nSPS) is 11.6. The van der Waals surface area contributed by atoms with E-state index in [4.69, 9.17) is 5.11 Å². The molecule has 2 rings (SSSR count). The van der Waals surface area contributed by atoms with E-state index in [9.17, 15) is 18.0 Å². The van der Waals surface area contributed by atoms with Gasteiger partial charge >= 0.3 is 12.1 Å². The topological polar surface area (TPSA) is 50.2 Å². The summed E-state index contributed by atoms with van der Waals surface area (Å²) < 4.78 is 38.7. The number of rotatable bonds is 2. The van der Waals surface area contributed by atoms with Crippen molar-refractivity contribution in [2.45, 2.75) is 13.1 Å². The van der Waals surface area contributed by atoms with Gasteiger partial charge in [0.2, 0.25) is 5.01 Å². The van der Waals surface area contributed by atoms with Gasteiger partial charge in [-0.1, -0.05) is 18.2 Å². The fourth-order valence-electron chi connectivity index (χ4n) is 1.67. The van der Waals surface area contributed by atoms with Crippen LogP contribution in [0.15, 0.2) is 24.3 Å². The van der Waals surface area contributed by atoms with Gasteiger partial charge in [-0.2, -0.15) is 13.2 Å². The number of alkyl halides is 3. The lowest BCUT2D eigenvalue weighted by Crippen LogP contribution is -2.06. The summed E-state index contributed by atoms with van der Waals surface area (Å²) in [5, 5.41) is 8.61. The second kappa shape index (κ2) is 4.65. The van der Waals surface area contributed by atoms with Crippen molar-refractivity contribution in [3.05, 3.63) is 40.5 Å². The number of carboxylic acid groups (broad SMARTS) is 1. The van der Waals surface area contributed by atoms with Crippen molar-refractivity contribution in [3.63, 3.8) is 0 Å². The highest BCUT2D eigenvalue weighted by Gasteiger charge is 2.34. The third-order valence-corrected chi connectivity index (χ3v) is 3.64. The molecule has 0 atom stereocenters. The fraction of sp³-hybridized carbons (Fsp3) is 0.167. The summed E-state index contributed by atoms with van der Waals surface area (Å²) in [6.45, 7) is 1.49. The molecule has 1 aromatic heterocycles. The predicted octanol–water partition coefficient (Wildman–Crippen LogP) is 3.84. The number of thiazole rings is 1. The van der Waals surface area contributed by atoms with E-state index in [0.717, 1.165) is 17.4 Å². The van der Waals surface area contributed by atoms with E-state index in [-0.39, 0.29) is 21.1 Å². The molecular formula is C12H8F3NO2S. The first kappa shape index (κ1) is 13.5. The van der Waals surface area contributed by atoms with Crippen LogP contribution in [-0.4, -0.2) is 16.1 Å². The summed E-state index contributed by atoms with van der Waals surface area (Å²) >= 11 is 0.740. The predicted molar refractivity (Wildman–Crippen MR) is 64.2 cm³/mol. The van der Waals surface area contributed by atoms with E-state index in [1.165, 1.54) is 25.1 Å². The molecule has 7 heteroatoms. The van der Waals surface area contributed by atoms with Crippen LogP contribution in [0.1, 0.15) is 21.1 Å². The second-order valence-electron chi connectivity index (χ2n) is 3.78. The number of hydrogen-bond donors (Lipinski definition) is 1. The number of hydrogen-bond acceptors (Lipinski definition) is 3. The molecule has 0 radical (unpaired) electrons. The van der Waals surface area contributed by atoms with Crippen LogP contribution in [0.3, 0.4) is 0 Å². The van der Waals surface area contributed by atoms with Gasteiger partial charge in [-0.3, -0.25) is 0 Å². The maximum atomic E-state index is 12.9. The minimum Gasteiger partial charge on any atom is -0.476 e. The molecule has 0 unspecified atom stereocenters. The Morgan fingerprint density at radius 1 is 1.32 bits per heavy atom. The lowest BCUT2D eigenvalue weighted by molar-refractivity contribution is -0.137. The van der Waals surface area contributed by atoms with Gasteiger partial charge < -0.3 is 5.11 Å². The fourth-order valence-corrected chi connectivity index (χ4v) is 2.61. The van der Waals surface area contributed by atoms with Crippen molar-refractivity contribution in [2.75, 3.05) is 0 Å². The second-order valence-corrected chi connectivity index (χ2v) is 4.78. The van der Waals surface area contributed by atoms with Crippen LogP contribution in [0.4, 0.5) is 13.2 Å². The highest BCUT2D eigenvalue weighted by atomic mass is 32.1. The van der Waals surface area contributed by atoms with E-state index in [2.05, 4.69) is 4.98 Å². The zero-order valence-electron chi connectivity index (χ0n) is 9.65. The zero-order chi connectivity index (χ0) is 14.2. The van der Waals surface area contributed by atoms with Gasteiger partial charge in [0.15, 0.2) is 0 Å². The first-order valence-electron chi connectivity index (χ1n) is 5.18. The molecule has 0 aliphatic rings. The minimum absolute atomic E-state index is 0.0440. The quantitative estimate of drug-likeness (QED) is 0.913. The van der Waals surface area contributed by atoms with Crippen molar-refractivity contribution < 1.29 is 23.1 Å². The number of aryl methyl sites for hydroxylation is 1. The van der Waals surface area contributed by atoms with Gasteiger partial charge in [-0.25, -0.2) is 9.78 Å². The number of nitrogens with zero attached hydrogens (tertiary/aromatic N) is 1. The summed E-state index contributed by atoms with van der Waals surface area (Å²) in [6, 6.07) is 5.05. The molecule has 0 amide bonds. The molecule has 1 heterocycles. The average Bonchev–Trinajstić information content (AvgIpc) is 2.70. The molecule has 0 bridgehead atoms. The first-order valence-corrected chi connectivity index (χ1v) is 5.99. The molecule has 1 N–H and O–H groups in total. The average molecular weight is 287 g/mol. The molecule has 0 spiro atoms. The number of aromatic carboxylic acids is 1. The molecule has 0 aliphatic carbocycles. The van der Waals surface area contributed by atoms with Gasteiger partial charge in [-0.15, -0.1) is 11.3 Å². The summed E-state index contributed by atoms with van der Waals surface area (Å²) in [5.74, 6) is -1.25. The summed E-state index contributed by atoms with van der Waals surface area (Å²) in [4.78, 5) is 14.8. The molecule has 100 valence electrons. The third kappa shape index (κ3) is 2.60. The maximum Gasteiger partial charge on any atom is 0.417 e. The van der Waals surface area contributed by atoms with Crippen molar-refractivity contribution in [2.24, 2.45) is 0 Å². The molecule has 0 aliphatic heterocycles. The summed E-state index contributed by atoms with van der Waals surface area (Å²) in [6.07, 6.45) is -4.49. The third-order valence-electron chi connectivity index (χ3n) is 2.46. The summed E-state index contributed by atoms with van der Waals surface area (Å²) in [5.41, 5.74) is -0.560. The highest BCUT2D eigenvalue weighted by Crippen LogP contribution is 2.40. The molecule has 0 saturated carbocycles. The lowest BCUT2D eigenvalue weighted by atomic mass is 10.0. The van der Waals surface area contributed by atoms with Crippen LogP contribution >= 0.6 is 11.3 Å². The first-order chi connectivity index (χ1) is 8.80. The Hall–Kier alpha value is -1.89. The van der Waals surface area contributed by atoms with Crippen LogP contribution in [-0.2, 0) is 6.18 Å². The van der Waals surface area contributed by atoms with E-state index < -0.39 is 17.7 Å². The number of aromatic nitrogens is 1. The number of benzene rings is 1. The van der Waals surface area contributed by atoms with Gasteiger partial charge in [0.25, 0.3) is 0 Å². The Labute approximate surface area is 110 Å². The Morgan fingerprint density at radius 2 is 1.95 bits per heavy atom. The summed E-state index contributed by atoms with van der Waals surface area (Å²) in [7, 11) is 0. The Morgan fingerprint density at radius 3 is 2.47 bits per heavy atom. The van der Waals surface area contributed by atoms with Crippen LogP contribution in [0.5, 0.6) is 0 Å². The lowest BCUT2D eigenvalue weighted by Gasteiger charge is -2.11. The smallest absolute Gasteiger partial charge is 0.417 e. The van der Waals surface area contributed by atoms with Crippen LogP contribution in [0.25, 0.3) is 10.4 Å². The number of carboxylic acids is 1. The monoisotopic (exact) mass is 287 g/mol. The molecule has 19 heavy (non-hydrogen) atoms. The van der Waals surface area contributed by atoms with E-state index in [1.807, 2.05) is 0 Å². The number of halogens is 3. The zero-order valence-corrected chi connectivity index (χ0v) is 10.5. The molecule has 0 fully saturated rings. The van der Waals surface area contributed by atoms with Crippen molar-refractivity contribution in [1.82, 2.24) is 4.98 Å². The highest BCUT2D eigenvalue weighted by molar-refractivity contribution is 7.17. The van der Waals surface area contributed by atoms with Crippen LogP contribution in [0.2, 0.25) is 0 Å². The Kier molecular flexibility index (Phi) is 3.32. The van der Waals surface area contributed by atoms with Crippen molar-refractivity contribution in [1.29, 1.82) is 0 Å². The standard InChI is InChI=1S/C12H8F3NO2S/c1-6-9(19-10(16-6)11(17)18)7-4-2-3-5-8(7)12(13,14)15/h2-5H,1H3,(H,17,18). The molecular weight excluding hydrogens is 279 g/mol. The minimum atomic E-state index is -4.49. The van der Waals surface area contributed by atoms with E-state index >= 15 is 0 Å². The van der Waals surface area contributed by atoms with E-state index in [0.29, 0.717) is 0 Å². The Balaban J connectivity index is 2.63. The van der Waals surface area contributed by atoms with Gasteiger partial charge in [0, 0.05) is 5.56 Å². The SMILES string of the molecule is Cc1nc(C(=O)O)sc1-c1ccccc1C(F)(F)F. The van der Waals surface area contributed by atoms with Crippen LogP contribution < -0.4 is 0 Å². The molecule has 2 aromatic rings. The van der Waals surface area contributed by atoms with Crippen molar-refractivity contribution in [3.8, 4) is 10.4 Å². The Bertz CT molecular complexity index is 634.